The molecule has 0 radical (unpaired) electrons. The first-order valence-corrected chi connectivity index (χ1v) is 10.6. The van der Waals surface area contributed by atoms with Gasteiger partial charge in [-0.3, -0.25) is 9.10 Å². The fraction of sp³-hybridized carbons (Fsp3) is 0.316. The summed E-state index contributed by atoms with van der Waals surface area (Å²) in [7, 11) is -2.05. The van der Waals surface area contributed by atoms with Crippen LogP contribution in [0.1, 0.15) is 12.5 Å². The van der Waals surface area contributed by atoms with E-state index in [4.69, 9.17) is 16.3 Å². The van der Waals surface area contributed by atoms with Crippen LogP contribution < -0.4 is 9.04 Å². The molecule has 0 bridgehead atoms. The smallest absolute Gasteiger partial charge is 0.243 e. The summed E-state index contributed by atoms with van der Waals surface area (Å²) in [5, 5.41) is 0.614. The number of ether oxygens (including phenoxy) is 1. The number of amides is 1. The molecule has 0 N–H and O–H groups in total. The third-order valence-electron chi connectivity index (χ3n) is 3.87. The quantitative estimate of drug-likeness (QED) is 0.670. The van der Waals surface area contributed by atoms with Gasteiger partial charge in [-0.1, -0.05) is 35.9 Å². The van der Waals surface area contributed by atoms with Gasteiger partial charge in [-0.05, 0) is 36.8 Å². The van der Waals surface area contributed by atoms with Gasteiger partial charge < -0.3 is 9.64 Å². The predicted molar refractivity (Wildman–Crippen MR) is 108 cm³/mol. The van der Waals surface area contributed by atoms with E-state index < -0.39 is 10.0 Å². The van der Waals surface area contributed by atoms with Crippen molar-refractivity contribution in [1.82, 2.24) is 4.90 Å². The summed E-state index contributed by atoms with van der Waals surface area (Å²) in [5.41, 5.74) is 1.24. The number of nitrogens with zero attached hydrogens (tertiary/aromatic N) is 2. The fourth-order valence-corrected chi connectivity index (χ4v) is 3.50. The molecule has 0 aliphatic carbocycles. The number of likely N-dealkylation sites (N-methyl/N-ethyl adjacent to an activating group) is 1. The van der Waals surface area contributed by atoms with Crippen LogP contribution in [0.3, 0.4) is 0 Å². The molecule has 0 aliphatic rings. The minimum atomic E-state index is -3.68. The second kappa shape index (κ2) is 9.10. The van der Waals surface area contributed by atoms with Gasteiger partial charge in [-0.2, -0.15) is 0 Å². The van der Waals surface area contributed by atoms with Crippen LogP contribution >= 0.6 is 11.6 Å². The molecule has 27 heavy (non-hydrogen) atoms. The Kier molecular flexibility index (Phi) is 7.10. The first-order valence-electron chi connectivity index (χ1n) is 8.40. The van der Waals surface area contributed by atoms with Gasteiger partial charge in [0, 0.05) is 18.6 Å². The lowest BCUT2D eigenvalue weighted by atomic mass is 10.2. The highest BCUT2D eigenvalue weighted by molar-refractivity contribution is 7.92. The van der Waals surface area contributed by atoms with Gasteiger partial charge in [0.2, 0.25) is 15.9 Å². The Hall–Kier alpha value is -2.25. The van der Waals surface area contributed by atoms with Crippen LogP contribution in [0, 0.1) is 0 Å². The highest BCUT2D eigenvalue weighted by Crippen LogP contribution is 2.29. The summed E-state index contributed by atoms with van der Waals surface area (Å²) >= 11 is 5.87. The van der Waals surface area contributed by atoms with Gasteiger partial charge in [-0.25, -0.2) is 8.42 Å². The van der Waals surface area contributed by atoms with Crippen LogP contribution in [0.4, 0.5) is 5.69 Å². The number of carbonyl (C=O) groups is 1. The lowest BCUT2D eigenvalue weighted by molar-refractivity contribution is -0.128. The second-order valence-corrected chi connectivity index (χ2v) is 8.39. The average molecular weight is 411 g/mol. The summed E-state index contributed by atoms with van der Waals surface area (Å²) in [6.07, 6.45) is 1.07. The van der Waals surface area contributed by atoms with Gasteiger partial charge in [0.05, 0.1) is 18.6 Å². The van der Waals surface area contributed by atoms with E-state index in [1.54, 1.807) is 43.4 Å². The molecule has 6 nitrogen and oxygen atoms in total. The van der Waals surface area contributed by atoms with E-state index in [1.165, 1.54) is 4.90 Å². The van der Waals surface area contributed by atoms with E-state index in [0.29, 0.717) is 29.6 Å². The molecular formula is C19H23ClN2O4S. The van der Waals surface area contributed by atoms with Crippen molar-refractivity contribution in [3.63, 3.8) is 0 Å². The molecule has 0 atom stereocenters. The molecule has 0 saturated heterocycles. The van der Waals surface area contributed by atoms with E-state index in [9.17, 15) is 13.2 Å². The Bertz CT molecular complexity index is 885. The highest BCUT2D eigenvalue weighted by atomic mass is 35.5. The topological polar surface area (TPSA) is 66.9 Å². The van der Waals surface area contributed by atoms with E-state index in [-0.39, 0.29) is 12.5 Å². The Morgan fingerprint density at radius 1 is 1.11 bits per heavy atom. The number of benzene rings is 2. The van der Waals surface area contributed by atoms with Crippen molar-refractivity contribution in [2.45, 2.75) is 13.5 Å². The predicted octanol–water partition coefficient (Wildman–Crippen LogP) is 3.16. The van der Waals surface area contributed by atoms with Crippen LogP contribution in [-0.4, -0.2) is 45.7 Å². The van der Waals surface area contributed by atoms with Crippen molar-refractivity contribution in [3.8, 4) is 5.75 Å². The molecule has 2 aromatic rings. The fourth-order valence-electron chi connectivity index (χ4n) is 2.52. The zero-order chi connectivity index (χ0) is 20.0. The van der Waals surface area contributed by atoms with Crippen LogP contribution in [0.15, 0.2) is 48.5 Å². The Labute approximate surface area is 165 Å². The molecule has 0 heterocycles. The van der Waals surface area contributed by atoms with Crippen molar-refractivity contribution in [1.29, 1.82) is 0 Å². The molecule has 0 saturated carbocycles. The van der Waals surface area contributed by atoms with Crippen LogP contribution in [-0.2, 0) is 21.4 Å². The standard InChI is InChI=1S/C19H23ClN2O4S/c1-4-26-18-8-6-5-7-17(18)22(27(3,24)25)14-19(23)21(2)13-15-9-11-16(20)12-10-15/h5-12H,4,13-14H2,1-3H3. The van der Waals surface area contributed by atoms with Crippen molar-refractivity contribution < 1.29 is 17.9 Å². The molecule has 1 amide bonds. The number of hydrogen-bond donors (Lipinski definition) is 0. The van der Waals surface area contributed by atoms with Gasteiger partial charge >= 0.3 is 0 Å². The normalized spacial score (nSPS) is 11.1. The van der Waals surface area contributed by atoms with Crippen molar-refractivity contribution in [2.75, 3.05) is 30.8 Å². The molecule has 0 aliphatic heterocycles. The summed E-state index contributed by atoms with van der Waals surface area (Å²) in [6.45, 7) is 2.24. The van der Waals surface area contributed by atoms with E-state index in [0.717, 1.165) is 16.1 Å². The third kappa shape index (κ3) is 5.87. The maximum absolute atomic E-state index is 12.7. The number of para-hydroxylation sites is 2. The number of halogens is 1. The van der Waals surface area contributed by atoms with E-state index >= 15 is 0 Å². The molecule has 8 heteroatoms. The van der Waals surface area contributed by atoms with E-state index in [2.05, 4.69) is 0 Å². The molecule has 0 aromatic heterocycles. The number of hydrogen-bond acceptors (Lipinski definition) is 4. The summed E-state index contributed by atoms with van der Waals surface area (Å²) in [4.78, 5) is 14.1. The molecule has 0 unspecified atom stereocenters. The molecule has 2 rings (SSSR count). The van der Waals surface area contributed by atoms with E-state index in [1.807, 2.05) is 19.1 Å². The summed E-state index contributed by atoms with van der Waals surface area (Å²) in [6, 6.07) is 13.9. The molecule has 0 fully saturated rings. The number of anilines is 1. The number of sulfonamides is 1. The van der Waals surface area contributed by atoms with Crippen molar-refractivity contribution >= 4 is 33.2 Å². The summed E-state index contributed by atoms with van der Waals surface area (Å²) < 4.78 is 31.2. The first-order chi connectivity index (χ1) is 12.7. The Balaban J connectivity index is 2.21. The average Bonchev–Trinajstić information content (AvgIpc) is 2.61. The molecule has 146 valence electrons. The Morgan fingerprint density at radius 3 is 2.33 bits per heavy atom. The zero-order valence-corrected chi connectivity index (χ0v) is 17.1. The third-order valence-corrected chi connectivity index (χ3v) is 5.25. The van der Waals surface area contributed by atoms with Crippen molar-refractivity contribution in [2.24, 2.45) is 0 Å². The lowest BCUT2D eigenvalue weighted by Gasteiger charge is -2.26. The second-order valence-electron chi connectivity index (χ2n) is 6.05. The van der Waals surface area contributed by atoms with Gasteiger partial charge in [0.15, 0.2) is 0 Å². The molecule has 2 aromatic carbocycles. The minimum Gasteiger partial charge on any atom is -0.492 e. The largest absolute Gasteiger partial charge is 0.492 e. The highest BCUT2D eigenvalue weighted by Gasteiger charge is 2.25. The first kappa shape index (κ1) is 21.1. The van der Waals surface area contributed by atoms with Gasteiger partial charge in [-0.15, -0.1) is 0 Å². The molecular weight excluding hydrogens is 388 g/mol. The van der Waals surface area contributed by atoms with Gasteiger partial charge in [0.25, 0.3) is 0 Å². The monoisotopic (exact) mass is 410 g/mol. The minimum absolute atomic E-state index is 0.312. The van der Waals surface area contributed by atoms with Crippen LogP contribution in [0.2, 0.25) is 5.02 Å². The van der Waals surface area contributed by atoms with Gasteiger partial charge in [0.1, 0.15) is 12.3 Å². The zero-order valence-electron chi connectivity index (χ0n) is 15.6. The lowest BCUT2D eigenvalue weighted by Crippen LogP contribution is -2.41. The van der Waals surface area contributed by atoms with Crippen molar-refractivity contribution in [3.05, 3.63) is 59.1 Å². The maximum atomic E-state index is 12.7. The SMILES string of the molecule is CCOc1ccccc1N(CC(=O)N(C)Cc1ccc(Cl)cc1)S(C)(=O)=O. The molecule has 0 spiro atoms. The number of carbonyl (C=O) groups excluding carboxylic acids is 1. The Morgan fingerprint density at radius 2 is 1.74 bits per heavy atom. The summed E-state index contributed by atoms with van der Waals surface area (Å²) in [5.74, 6) is 0.0836. The van der Waals surface area contributed by atoms with Crippen LogP contribution in [0.5, 0.6) is 5.75 Å². The van der Waals surface area contributed by atoms with Crippen LogP contribution in [0.25, 0.3) is 0 Å². The number of rotatable bonds is 8. The maximum Gasteiger partial charge on any atom is 0.243 e.